The average Bonchev–Trinajstić information content (AvgIpc) is 3.09. The van der Waals surface area contributed by atoms with Gasteiger partial charge in [0, 0.05) is 5.69 Å². The molecule has 0 bridgehead atoms. The molecule has 1 amide bonds. The van der Waals surface area contributed by atoms with Crippen LogP contribution in [0.25, 0.3) is 0 Å². The third-order valence-corrected chi connectivity index (χ3v) is 4.16. The highest BCUT2D eigenvalue weighted by atomic mass is 32.2. The van der Waals surface area contributed by atoms with Gasteiger partial charge in [0.15, 0.2) is 6.61 Å². The molecular formula is C18H16FN3O3S. The number of benzene rings is 2. The van der Waals surface area contributed by atoms with E-state index in [1.54, 1.807) is 6.92 Å². The summed E-state index contributed by atoms with van der Waals surface area (Å²) in [6, 6.07) is 13.5. The van der Waals surface area contributed by atoms with Gasteiger partial charge in [-0.2, -0.15) is 0 Å². The fraction of sp³-hybridized carbons (Fsp3) is 0.167. The van der Waals surface area contributed by atoms with Gasteiger partial charge in [-0.1, -0.05) is 30.0 Å². The lowest BCUT2D eigenvalue weighted by atomic mass is 10.2. The number of rotatable bonds is 7. The van der Waals surface area contributed by atoms with Crippen molar-refractivity contribution in [3.63, 3.8) is 0 Å². The van der Waals surface area contributed by atoms with Crippen molar-refractivity contribution >= 4 is 23.4 Å². The van der Waals surface area contributed by atoms with Crippen molar-refractivity contribution in [3.8, 4) is 5.75 Å². The molecule has 8 heteroatoms. The van der Waals surface area contributed by atoms with Crippen LogP contribution in [0.5, 0.6) is 5.75 Å². The van der Waals surface area contributed by atoms with Gasteiger partial charge in [-0.3, -0.25) is 4.79 Å². The van der Waals surface area contributed by atoms with E-state index in [9.17, 15) is 9.18 Å². The van der Waals surface area contributed by atoms with Crippen LogP contribution in [-0.4, -0.2) is 21.9 Å². The van der Waals surface area contributed by atoms with Gasteiger partial charge in [0.1, 0.15) is 11.6 Å². The average molecular weight is 373 g/mol. The predicted molar refractivity (Wildman–Crippen MR) is 95.6 cm³/mol. The number of carbonyl (C=O) groups is 1. The van der Waals surface area contributed by atoms with Crippen molar-refractivity contribution < 1.29 is 18.3 Å². The van der Waals surface area contributed by atoms with Crippen molar-refractivity contribution in [1.82, 2.24) is 10.2 Å². The first kappa shape index (κ1) is 17.9. The number of ether oxygens (including phenoxy) is 1. The lowest BCUT2D eigenvalue weighted by molar-refractivity contribution is -0.113. The molecule has 0 saturated heterocycles. The Hall–Kier alpha value is -2.87. The minimum absolute atomic E-state index is 0.0952. The van der Waals surface area contributed by atoms with Crippen LogP contribution in [0.4, 0.5) is 10.1 Å². The van der Waals surface area contributed by atoms with Crippen LogP contribution in [0.1, 0.15) is 11.5 Å². The molecule has 6 nitrogen and oxygen atoms in total. The number of aryl methyl sites for hydroxylation is 1. The number of hydrogen-bond acceptors (Lipinski definition) is 6. The van der Waals surface area contributed by atoms with Crippen LogP contribution in [-0.2, 0) is 11.4 Å². The molecule has 1 heterocycles. The maximum Gasteiger partial charge on any atom is 0.277 e. The Morgan fingerprint density at radius 2 is 2.04 bits per heavy atom. The predicted octanol–water partition coefficient (Wildman–Crippen LogP) is 3.83. The second kappa shape index (κ2) is 8.48. The molecule has 0 radical (unpaired) electrons. The van der Waals surface area contributed by atoms with E-state index >= 15 is 0 Å². The summed E-state index contributed by atoms with van der Waals surface area (Å²) in [6.45, 7) is 1.88. The number of carbonyl (C=O) groups excluding carboxylic acids is 1. The van der Waals surface area contributed by atoms with Gasteiger partial charge in [-0.05, 0) is 42.8 Å². The third-order valence-electron chi connectivity index (χ3n) is 3.34. The van der Waals surface area contributed by atoms with E-state index in [1.807, 2.05) is 30.3 Å². The number of amides is 1. The first-order valence-electron chi connectivity index (χ1n) is 7.79. The second-order valence-corrected chi connectivity index (χ2v) is 6.29. The van der Waals surface area contributed by atoms with Crippen LogP contribution in [0, 0.1) is 12.7 Å². The third kappa shape index (κ3) is 5.06. The number of anilines is 1. The minimum atomic E-state index is -0.342. The lowest BCUT2D eigenvalue weighted by Crippen LogP contribution is -2.14. The smallest absolute Gasteiger partial charge is 0.277 e. The Kier molecular flexibility index (Phi) is 5.85. The fourth-order valence-electron chi connectivity index (χ4n) is 2.10. The maximum atomic E-state index is 13.1. The van der Waals surface area contributed by atoms with Gasteiger partial charge in [0.25, 0.3) is 11.1 Å². The minimum Gasteiger partial charge on any atom is -0.484 e. The first-order chi connectivity index (χ1) is 12.6. The molecule has 134 valence electrons. The Balaban J connectivity index is 1.47. The summed E-state index contributed by atoms with van der Waals surface area (Å²) < 4.78 is 24.0. The summed E-state index contributed by atoms with van der Waals surface area (Å²) in [5.41, 5.74) is 1.22. The van der Waals surface area contributed by atoms with Crippen molar-refractivity contribution in [2.45, 2.75) is 18.8 Å². The Bertz CT molecular complexity index is 886. The van der Waals surface area contributed by atoms with Gasteiger partial charge in [0.05, 0.1) is 5.75 Å². The molecule has 0 aliphatic heterocycles. The van der Waals surface area contributed by atoms with Crippen molar-refractivity contribution in [3.05, 3.63) is 65.8 Å². The Morgan fingerprint density at radius 1 is 1.23 bits per heavy atom. The summed E-state index contributed by atoms with van der Waals surface area (Å²) in [6.07, 6.45) is 0. The summed E-state index contributed by atoms with van der Waals surface area (Å²) in [4.78, 5) is 12.0. The van der Waals surface area contributed by atoms with Crippen molar-refractivity contribution in [2.24, 2.45) is 0 Å². The van der Waals surface area contributed by atoms with E-state index in [4.69, 9.17) is 9.15 Å². The molecule has 1 N–H and O–H groups in total. The highest BCUT2D eigenvalue weighted by molar-refractivity contribution is 7.99. The molecule has 1 aromatic heterocycles. The van der Waals surface area contributed by atoms with Gasteiger partial charge in [-0.15, -0.1) is 10.2 Å². The fourth-order valence-corrected chi connectivity index (χ4v) is 2.68. The van der Waals surface area contributed by atoms with Crippen molar-refractivity contribution in [1.29, 1.82) is 0 Å². The Labute approximate surface area is 153 Å². The quantitative estimate of drug-likeness (QED) is 0.634. The van der Waals surface area contributed by atoms with E-state index in [1.165, 1.54) is 18.2 Å². The Morgan fingerprint density at radius 3 is 2.81 bits per heavy atom. The SMILES string of the molecule is Cc1cc(F)ccc1NC(=O)CSc1nnc(COc2ccccc2)o1. The van der Waals surface area contributed by atoms with Crippen LogP contribution in [0.3, 0.4) is 0 Å². The molecule has 0 aliphatic rings. The topological polar surface area (TPSA) is 77.2 Å². The number of nitrogens with zero attached hydrogens (tertiary/aromatic N) is 2. The summed E-state index contributed by atoms with van der Waals surface area (Å²) >= 11 is 1.12. The number of nitrogens with one attached hydrogen (secondary N) is 1. The lowest BCUT2D eigenvalue weighted by Gasteiger charge is -2.07. The van der Waals surface area contributed by atoms with Crippen LogP contribution < -0.4 is 10.1 Å². The largest absolute Gasteiger partial charge is 0.484 e. The summed E-state index contributed by atoms with van der Waals surface area (Å²) in [5, 5.41) is 10.8. The highest BCUT2D eigenvalue weighted by Gasteiger charge is 2.11. The molecule has 0 fully saturated rings. The van der Waals surface area contributed by atoms with Crippen LogP contribution in [0.15, 0.2) is 58.2 Å². The molecule has 0 saturated carbocycles. The van der Waals surface area contributed by atoms with E-state index in [-0.39, 0.29) is 29.3 Å². The van der Waals surface area contributed by atoms with E-state index in [0.29, 0.717) is 22.9 Å². The zero-order valence-electron chi connectivity index (χ0n) is 13.9. The molecule has 0 aliphatic carbocycles. The van der Waals surface area contributed by atoms with Gasteiger partial charge in [-0.25, -0.2) is 4.39 Å². The monoisotopic (exact) mass is 373 g/mol. The van der Waals surface area contributed by atoms with Crippen molar-refractivity contribution in [2.75, 3.05) is 11.1 Å². The second-order valence-electron chi connectivity index (χ2n) is 5.36. The van der Waals surface area contributed by atoms with E-state index < -0.39 is 0 Å². The first-order valence-corrected chi connectivity index (χ1v) is 8.78. The number of halogens is 1. The number of para-hydroxylation sites is 1. The molecule has 2 aromatic carbocycles. The molecule has 3 aromatic rings. The zero-order chi connectivity index (χ0) is 18.4. The molecule has 26 heavy (non-hydrogen) atoms. The molecule has 0 unspecified atom stereocenters. The molecule has 0 spiro atoms. The molecule has 0 atom stereocenters. The molecular weight excluding hydrogens is 357 g/mol. The number of aromatic nitrogens is 2. The van der Waals surface area contributed by atoms with Gasteiger partial charge in [0.2, 0.25) is 5.91 Å². The maximum absolute atomic E-state index is 13.1. The van der Waals surface area contributed by atoms with Crippen LogP contribution >= 0.6 is 11.8 Å². The number of hydrogen-bond donors (Lipinski definition) is 1. The zero-order valence-corrected chi connectivity index (χ0v) is 14.8. The number of thioether (sulfide) groups is 1. The highest BCUT2D eigenvalue weighted by Crippen LogP contribution is 2.19. The van der Waals surface area contributed by atoms with Crippen LogP contribution in [0.2, 0.25) is 0 Å². The normalized spacial score (nSPS) is 10.5. The van der Waals surface area contributed by atoms with E-state index in [2.05, 4.69) is 15.5 Å². The standard InChI is InChI=1S/C18H16FN3O3S/c1-12-9-13(19)7-8-15(12)20-16(23)11-26-18-22-21-17(25-18)10-24-14-5-3-2-4-6-14/h2-9H,10-11H2,1H3,(H,20,23). The summed E-state index contributed by atoms with van der Waals surface area (Å²) in [7, 11) is 0. The summed E-state index contributed by atoms with van der Waals surface area (Å²) in [5.74, 6) is 0.536. The van der Waals surface area contributed by atoms with Gasteiger partial charge >= 0.3 is 0 Å². The van der Waals surface area contributed by atoms with Gasteiger partial charge < -0.3 is 14.5 Å². The van der Waals surface area contributed by atoms with E-state index in [0.717, 1.165) is 11.8 Å². The molecule has 3 rings (SSSR count).